The quantitative estimate of drug-likeness (QED) is 0.0457. The fourth-order valence-corrected chi connectivity index (χ4v) is 5.39. The molecule has 266 valence electrons. The van der Waals surface area contributed by atoms with Crippen LogP contribution in [0, 0.1) is 5.92 Å². The molecule has 18 heteroatoms. The second kappa shape index (κ2) is 19.4. The van der Waals surface area contributed by atoms with Crippen molar-refractivity contribution < 1.29 is 39.0 Å². The largest absolute Gasteiger partial charge is 0.480 e. The minimum atomic E-state index is -1.55. The molecule has 1 heterocycles. The highest BCUT2D eigenvalue weighted by Gasteiger charge is 2.37. The van der Waals surface area contributed by atoms with Crippen LogP contribution in [0.1, 0.15) is 38.7 Å². The van der Waals surface area contributed by atoms with Crippen LogP contribution >= 0.6 is 12.6 Å². The van der Waals surface area contributed by atoms with Crippen LogP contribution in [0.15, 0.2) is 35.3 Å². The summed E-state index contributed by atoms with van der Waals surface area (Å²) >= 11 is 3.93. The van der Waals surface area contributed by atoms with E-state index in [1.165, 1.54) is 11.9 Å². The van der Waals surface area contributed by atoms with Crippen molar-refractivity contribution in [3.05, 3.63) is 35.9 Å². The van der Waals surface area contributed by atoms with Crippen LogP contribution < -0.4 is 38.1 Å². The molecular formula is C30H47N9O8S. The summed E-state index contributed by atoms with van der Waals surface area (Å²) in [4.78, 5) is 83.8. The first-order chi connectivity index (χ1) is 22.6. The van der Waals surface area contributed by atoms with E-state index < -0.39 is 90.8 Å². The number of carboxylic acids is 1. The SMILES string of the molecule is CC(C)[C@H]1C(=O)N[C@@H](CCCN=C(N)N)C(O)NCC(=O)N[C@@H](CC(=O)N[C@H](CS)C(=O)O)C(=O)N[C@H](Cc2ccccc2)C(=O)N1C. The topological polar surface area (TPSA) is 271 Å². The molecule has 1 aromatic rings. The number of carbonyl (C=O) groups is 6. The Morgan fingerprint density at radius 2 is 1.73 bits per heavy atom. The first-order valence-corrected chi connectivity index (χ1v) is 16.1. The maximum atomic E-state index is 14.1. The molecule has 17 nitrogen and oxygen atoms in total. The summed E-state index contributed by atoms with van der Waals surface area (Å²) in [5.74, 6) is -5.92. The molecule has 0 radical (unpaired) electrons. The maximum absolute atomic E-state index is 14.1. The zero-order chi connectivity index (χ0) is 36.0. The molecule has 6 atom stereocenters. The number of aliphatic hydroxyl groups is 1. The Bertz CT molecular complexity index is 1310. The fraction of sp³-hybridized carbons (Fsp3) is 0.567. The monoisotopic (exact) mass is 693 g/mol. The zero-order valence-electron chi connectivity index (χ0n) is 27.2. The Hall–Kier alpha value is -4.42. The maximum Gasteiger partial charge on any atom is 0.327 e. The summed E-state index contributed by atoms with van der Waals surface area (Å²) in [5, 5.41) is 33.0. The number of thiol groups is 1. The number of amides is 5. The summed E-state index contributed by atoms with van der Waals surface area (Å²) in [6.45, 7) is 3.13. The first-order valence-electron chi connectivity index (χ1n) is 15.4. The van der Waals surface area contributed by atoms with E-state index in [2.05, 4.69) is 44.2 Å². The molecule has 2 rings (SSSR count). The number of carbonyl (C=O) groups excluding carboxylic acids is 5. The molecule has 0 aliphatic carbocycles. The Morgan fingerprint density at radius 1 is 1.06 bits per heavy atom. The van der Waals surface area contributed by atoms with Crippen molar-refractivity contribution in [3.63, 3.8) is 0 Å². The second-order valence-electron chi connectivity index (χ2n) is 11.7. The van der Waals surface area contributed by atoms with Crippen LogP contribution in [0.5, 0.6) is 0 Å². The van der Waals surface area contributed by atoms with Crippen molar-refractivity contribution in [2.24, 2.45) is 22.4 Å². The summed E-state index contributed by atoms with van der Waals surface area (Å²) in [6.07, 6.45) is -1.62. The Labute approximate surface area is 284 Å². The Kier molecular flexibility index (Phi) is 16.1. The van der Waals surface area contributed by atoms with E-state index in [1.807, 2.05) is 0 Å². The van der Waals surface area contributed by atoms with Crippen LogP contribution in [-0.2, 0) is 35.2 Å². The number of aliphatic carboxylic acids is 1. The molecule has 1 fully saturated rings. The van der Waals surface area contributed by atoms with E-state index >= 15 is 0 Å². The average molecular weight is 694 g/mol. The van der Waals surface area contributed by atoms with Crippen LogP contribution in [-0.4, -0.2) is 119 Å². The Balaban J connectivity index is 2.53. The molecular weight excluding hydrogens is 646 g/mol. The summed E-state index contributed by atoms with van der Waals surface area (Å²) < 4.78 is 0. The van der Waals surface area contributed by atoms with Crippen LogP contribution in [0.3, 0.4) is 0 Å². The predicted octanol–water partition coefficient (Wildman–Crippen LogP) is -2.97. The lowest BCUT2D eigenvalue weighted by Gasteiger charge is -2.35. The van der Waals surface area contributed by atoms with E-state index in [1.54, 1.807) is 44.2 Å². The standard InChI is InChI=1S/C30H47N9O8S/c1-16(2)24-27(44)37-18(10-7-11-33-30(31)32)25(42)34-14-23(41)35-19(13-22(40)36-21(15-48)29(46)47)26(43)38-20(28(45)39(24)3)12-17-8-5-4-6-9-17/h4-6,8-9,16,18-21,24-25,34,42,48H,7,10-15H2,1-3H3,(H,35,41)(H,36,40)(H,37,44)(H,38,43)(H,46,47)(H4,31,32,33)/t18-,19-,20+,21+,24-,25?/m0/s1. The molecule has 1 unspecified atom stereocenters. The Morgan fingerprint density at radius 3 is 2.31 bits per heavy atom. The van der Waals surface area contributed by atoms with Crippen molar-refractivity contribution in [3.8, 4) is 0 Å². The third-order valence-corrected chi connectivity index (χ3v) is 7.93. The third kappa shape index (κ3) is 12.6. The van der Waals surface area contributed by atoms with Gasteiger partial charge in [0, 0.05) is 25.8 Å². The molecule has 5 amide bonds. The molecule has 0 saturated carbocycles. The molecule has 11 N–H and O–H groups in total. The number of rotatable bonds is 12. The number of benzene rings is 1. The highest BCUT2D eigenvalue weighted by molar-refractivity contribution is 7.80. The van der Waals surface area contributed by atoms with Crippen molar-refractivity contribution >= 4 is 54.1 Å². The van der Waals surface area contributed by atoms with Gasteiger partial charge in [-0.15, -0.1) is 0 Å². The molecule has 1 aliphatic heterocycles. The van der Waals surface area contributed by atoms with Gasteiger partial charge in [0.15, 0.2) is 5.96 Å². The van der Waals surface area contributed by atoms with Crippen molar-refractivity contribution in [1.29, 1.82) is 0 Å². The summed E-state index contributed by atoms with van der Waals surface area (Å²) in [5.41, 5.74) is 11.5. The van der Waals surface area contributed by atoms with E-state index in [-0.39, 0.29) is 31.1 Å². The van der Waals surface area contributed by atoms with Gasteiger partial charge in [-0.25, -0.2) is 4.79 Å². The number of nitrogens with two attached hydrogens (primary N) is 2. The highest BCUT2D eigenvalue weighted by Crippen LogP contribution is 2.15. The molecule has 0 spiro atoms. The summed E-state index contributed by atoms with van der Waals surface area (Å²) in [7, 11) is 1.42. The van der Waals surface area contributed by atoms with E-state index in [4.69, 9.17) is 11.5 Å². The number of carboxylic acid groups (broad SMARTS) is 1. The fourth-order valence-electron chi connectivity index (χ4n) is 5.15. The summed E-state index contributed by atoms with van der Waals surface area (Å²) in [6, 6.07) is 2.63. The molecule has 0 aromatic heterocycles. The van der Waals surface area contributed by atoms with Crippen LogP contribution in [0.2, 0.25) is 0 Å². The lowest BCUT2D eigenvalue weighted by Crippen LogP contribution is -2.60. The minimum Gasteiger partial charge on any atom is -0.480 e. The number of nitrogens with zero attached hydrogens (tertiary/aromatic N) is 2. The minimum absolute atomic E-state index is 0.00345. The van der Waals surface area contributed by atoms with Gasteiger partial charge in [0.25, 0.3) is 0 Å². The van der Waals surface area contributed by atoms with Crippen molar-refractivity contribution in [2.45, 2.75) is 76.0 Å². The van der Waals surface area contributed by atoms with Gasteiger partial charge in [0.05, 0.1) is 19.0 Å². The third-order valence-electron chi connectivity index (χ3n) is 7.57. The number of hydrogen-bond donors (Lipinski definition) is 10. The number of likely N-dealkylation sites (N-methyl/N-ethyl adjacent to an activating group) is 1. The van der Waals surface area contributed by atoms with Crippen molar-refractivity contribution in [2.75, 3.05) is 25.9 Å². The molecule has 0 bridgehead atoms. The van der Waals surface area contributed by atoms with Gasteiger partial charge in [-0.3, -0.25) is 34.3 Å². The van der Waals surface area contributed by atoms with Crippen LogP contribution in [0.4, 0.5) is 0 Å². The smallest absolute Gasteiger partial charge is 0.327 e. The number of hydrogen-bond acceptors (Lipinski definition) is 10. The average Bonchev–Trinajstić information content (AvgIpc) is 3.02. The number of guanidine groups is 1. The molecule has 1 aliphatic rings. The van der Waals surface area contributed by atoms with E-state index in [0.29, 0.717) is 12.0 Å². The number of aliphatic imine (C=N–C) groups is 1. The second-order valence-corrected chi connectivity index (χ2v) is 12.1. The zero-order valence-corrected chi connectivity index (χ0v) is 28.1. The van der Waals surface area contributed by atoms with Crippen LogP contribution in [0.25, 0.3) is 0 Å². The lowest BCUT2D eigenvalue weighted by atomic mass is 9.98. The van der Waals surface area contributed by atoms with Gasteiger partial charge in [0.1, 0.15) is 30.4 Å². The molecule has 48 heavy (non-hydrogen) atoms. The molecule has 1 saturated heterocycles. The van der Waals surface area contributed by atoms with Gasteiger partial charge in [0.2, 0.25) is 29.5 Å². The van der Waals surface area contributed by atoms with Gasteiger partial charge in [-0.1, -0.05) is 44.2 Å². The van der Waals surface area contributed by atoms with Gasteiger partial charge < -0.3 is 47.8 Å². The van der Waals surface area contributed by atoms with Gasteiger partial charge >= 0.3 is 5.97 Å². The number of nitrogens with one attached hydrogen (secondary N) is 5. The highest BCUT2D eigenvalue weighted by atomic mass is 32.1. The predicted molar refractivity (Wildman–Crippen MR) is 179 cm³/mol. The number of aliphatic hydroxyl groups excluding tert-OH is 1. The van der Waals surface area contributed by atoms with E-state index in [9.17, 15) is 39.0 Å². The van der Waals surface area contributed by atoms with Gasteiger partial charge in [-0.2, -0.15) is 12.6 Å². The van der Waals surface area contributed by atoms with E-state index in [0.717, 1.165) is 0 Å². The van der Waals surface area contributed by atoms with Gasteiger partial charge in [-0.05, 0) is 24.3 Å². The van der Waals surface area contributed by atoms with Crippen molar-refractivity contribution in [1.82, 2.24) is 31.5 Å². The first kappa shape index (κ1) is 39.8. The normalized spacial score (nSPS) is 23.5. The molecule has 1 aromatic carbocycles. The lowest BCUT2D eigenvalue weighted by molar-refractivity contribution is -0.144.